The molecule has 2 bridgehead atoms. The van der Waals surface area contributed by atoms with Crippen molar-refractivity contribution in [2.75, 3.05) is 44.7 Å². The molecule has 9 nitrogen and oxygen atoms in total. The minimum Gasteiger partial charge on any atom is -0.379 e. The lowest BCUT2D eigenvalue weighted by Crippen LogP contribution is -2.57. The predicted octanol–water partition coefficient (Wildman–Crippen LogP) is 3.32. The Hall–Kier alpha value is -2.75. The zero-order valence-corrected chi connectivity index (χ0v) is 25.2. The summed E-state index contributed by atoms with van der Waals surface area (Å²) in [7, 11) is 0. The maximum atomic E-state index is 14.2. The van der Waals surface area contributed by atoms with Crippen LogP contribution >= 0.6 is 0 Å². The van der Waals surface area contributed by atoms with Crippen LogP contribution in [-0.4, -0.2) is 90.7 Å². The van der Waals surface area contributed by atoms with Gasteiger partial charge in [0.1, 0.15) is 11.6 Å². The standard InChI is InChI=1S/C33H46N4O5/c1-21(2)23-9-11-24(12-10-23)34-30(38)27-26-13-14-33(42-26)28(27)32(40)37(16-6-15-36-17-19-41-20-18-36)29(33)31(39)35-25-8-5-4-7-22(25)3/h9-14,21-22,25-29H,4-8,15-20H2,1-3H3,(H,34,38)(H,35,39)/t22-,25-,26+,27-,28+,29+,33+/m1/s1. The summed E-state index contributed by atoms with van der Waals surface area (Å²) >= 11 is 0. The predicted molar refractivity (Wildman–Crippen MR) is 160 cm³/mol. The maximum absolute atomic E-state index is 14.2. The van der Waals surface area contributed by atoms with Crippen molar-refractivity contribution < 1.29 is 23.9 Å². The Bertz CT molecular complexity index is 1200. The van der Waals surface area contributed by atoms with Gasteiger partial charge in [-0.05, 0) is 48.8 Å². The van der Waals surface area contributed by atoms with E-state index in [1.807, 2.05) is 36.4 Å². The monoisotopic (exact) mass is 578 g/mol. The smallest absolute Gasteiger partial charge is 0.246 e. The van der Waals surface area contributed by atoms with Crippen LogP contribution < -0.4 is 10.6 Å². The van der Waals surface area contributed by atoms with Gasteiger partial charge in [-0.2, -0.15) is 0 Å². The number of benzene rings is 1. The highest BCUT2D eigenvalue weighted by molar-refractivity contribution is 6.02. The molecule has 5 aliphatic rings. The van der Waals surface area contributed by atoms with Crippen LogP contribution in [0.1, 0.15) is 64.4 Å². The molecule has 4 heterocycles. The Morgan fingerprint density at radius 2 is 1.79 bits per heavy atom. The molecule has 1 aromatic carbocycles. The first-order chi connectivity index (χ1) is 20.3. The van der Waals surface area contributed by atoms with Gasteiger partial charge in [-0.1, -0.05) is 57.9 Å². The van der Waals surface area contributed by atoms with Gasteiger partial charge in [0.2, 0.25) is 17.7 Å². The summed E-state index contributed by atoms with van der Waals surface area (Å²) in [5.74, 6) is -1.20. The summed E-state index contributed by atoms with van der Waals surface area (Å²) in [6.07, 6.45) is 8.30. The number of rotatable bonds is 9. The summed E-state index contributed by atoms with van der Waals surface area (Å²) in [6.45, 7) is 10.9. The van der Waals surface area contributed by atoms with Gasteiger partial charge in [0.05, 0.1) is 31.2 Å². The molecule has 9 heteroatoms. The molecule has 1 aromatic rings. The van der Waals surface area contributed by atoms with E-state index in [4.69, 9.17) is 9.47 Å². The van der Waals surface area contributed by atoms with Crippen molar-refractivity contribution in [3.63, 3.8) is 0 Å². The van der Waals surface area contributed by atoms with Gasteiger partial charge in [0.25, 0.3) is 0 Å². The van der Waals surface area contributed by atoms with E-state index < -0.39 is 29.6 Å². The van der Waals surface area contributed by atoms with Gasteiger partial charge in [0.15, 0.2) is 0 Å². The molecule has 1 aliphatic carbocycles. The molecule has 6 rings (SSSR count). The normalized spacial score (nSPS) is 34.2. The van der Waals surface area contributed by atoms with E-state index in [-0.39, 0.29) is 23.8 Å². The number of fused-ring (bicyclic) bond motifs is 1. The number of hydrogen-bond donors (Lipinski definition) is 2. The average molecular weight is 579 g/mol. The number of amides is 3. The Balaban J connectivity index is 1.23. The van der Waals surface area contributed by atoms with Gasteiger partial charge in [-0.3, -0.25) is 19.3 Å². The highest BCUT2D eigenvalue weighted by Crippen LogP contribution is 2.55. The van der Waals surface area contributed by atoms with Crippen LogP contribution in [0.15, 0.2) is 36.4 Å². The van der Waals surface area contributed by atoms with Crippen LogP contribution in [-0.2, 0) is 23.9 Å². The molecule has 4 fully saturated rings. The van der Waals surface area contributed by atoms with Crippen molar-refractivity contribution in [2.24, 2.45) is 17.8 Å². The first kappa shape index (κ1) is 29.3. The third kappa shape index (κ3) is 5.40. The van der Waals surface area contributed by atoms with Gasteiger partial charge >= 0.3 is 0 Å². The molecule has 0 radical (unpaired) electrons. The van der Waals surface area contributed by atoms with Crippen LogP contribution in [0.5, 0.6) is 0 Å². The van der Waals surface area contributed by atoms with Gasteiger partial charge in [0, 0.05) is 37.9 Å². The Kier molecular flexibility index (Phi) is 8.44. The highest BCUT2D eigenvalue weighted by Gasteiger charge is 2.72. The van der Waals surface area contributed by atoms with Gasteiger partial charge < -0.3 is 25.0 Å². The summed E-state index contributed by atoms with van der Waals surface area (Å²) in [4.78, 5) is 46.2. The molecule has 1 saturated carbocycles. The summed E-state index contributed by atoms with van der Waals surface area (Å²) in [5, 5.41) is 6.35. The Morgan fingerprint density at radius 1 is 1.05 bits per heavy atom. The van der Waals surface area contributed by atoms with E-state index in [0.717, 1.165) is 58.5 Å². The van der Waals surface area contributed by atoms with Crippen molar-refractivity contribution in [3.05, 3.63) is 42.0 Å². The first-order valence-electron chi connectivity index (χ1n) is 16.0. The number of carbonyl (C=O) groups is 3. The van der Waals surface area contributed by atoms with E-state index in [1.165, 1.54) is 12.0 Å². The third-order valence-corrected chi connectivity index (χ3v) is 10.2. The van der Waals surface area contributed by atoms with Crippen molar-refractivity contribution >= 4 is 23.4 Å². The second-order valence-corrected chi connectivity index (χ2v) is 13.2. The van der Waals surface area contributed by atoms with Gasteiger partial charge in [-0.25, -0.2) is 0 Å². The minimum atomic E-state index is -1.13. The van der Waals surface area contributed by atoms with Crippen LogP contribution in [0.25, 0.3) is 0 Å². The van der Waals surface area contributed by atoms with Crippen LogP contribution in [0.2, 0.25) is 0 Å². The fourth-order valence-corrected chi connectivity index (χ4v) is 7.77. The lowest BCUT2D eigenvalue weighted by molar-refractivity contribution is -0.141. The van der Waals surface area contributed by atoms with Gasteiger partial charge in [-0.15, -0.1) is 0 Å². The van der Waals surface area contributed by atoms with Crippen molar-refractivity contribution in [1.29, 1.82) is 0 Å². The number of carbonyl (C=O) groups excluding carboxylic acids is 3. The van der Waals surface area contributed by atoms with E-state index in [2.05, 4.69) is 36.3 Å². The fraction of sp³-hybridized carbons (Fsp3) is 0.667. The number of likely N-dealkylation sites (tertiary alicyclic amines) is 1. The second kappa shape index (κ2) is 12.1. The SMILES string of the molecule is CC(C)c1ccc(NC(=O)[C@@H]2[C@@H]3C=C[C@]4(O3)[C@@H]2C(=O)N(CCCN2CCOCC2)[C@H]4C(=O)N[C@@H]2CCCC[C@H]2C)cc1. The van der Waals surface area contributed by atoms with Crippen LogP contribution in [0, 0.1) is 17.8 Å². The number of ether oxygens (including phenoxy) is 2. The molecule has 1 spiro atoms. The zero-order chi connectivity index (χ0) is 29.4. The molecule has 2 N–H and O–H groups in total. The largest absolute Gasteiger partial charge is 0.379 e. The zero-order valence-electron chi connectivity index (χ0n) is 25.2. The minimum absolute atomic E-state index is 0.0856. The Labute approximate surface area is 249 Å². The van der Waals surface area contributed by atoms with Crippen molar-refractivity contribution in [2.45, 2.75) is 82.6 Å². The lowest BCUT2D eigenvalue weighted by atomic mass is 9.74. The molecule has 3 amide bonds. The van der Waals surface area contributed by atoms with E-state index in [1.54, 1.807) is 4.90 Å². The maximum Gasteiger partial charge on any atom is 0.246 e. The highest BCUT2D eigenvalue weighted by atomic mass is 16.5. The number of anilines is 1. The summed E-state index contributed by atoms with van der Waals surface area (Å²) < 4.78 is 12.0. The molecule has 0 unspecified atom stereocenters. The van der Waals surface area contributed by atoms with Crippen LogP contribution in [0.3, 0.4) is 0 Å². The molecule has 228 valence electrons. The topological polar surface area (TPSA) is 100 Å². The molecule has 4 aliphatic heterocycles. The number of morpholine rings is 1. The van der Waals surface area contributed by atoms with Crippen molar-refractivity contribution in [1.82, 2.24) is 15.1 Å². The molecule has 7 atom stereocenters. The number of hydrogen-bond acceptors (Lipinski definition) is 6. The molecule has 42 heavy (non-hydrogen) atoms. The third-order valence-electron chi connectivity index (χ3n) is 10.2. The second-order valence-electron chi connectivity index (χ2n) is 13.2. The fourth-order valence-electron chi connectivity index (χ4n) is 7.77. The number of nitrogens with zero attached hydrogens (tertiary/aromatic N) is 2. The molecule has 0 aromatic heterocycles. The first-order valence-corrected chi connectivity index (χ1v) is 16.0. The van der Waals surface area contributed by atoms with E-state index in [9.17, 15) is 14.4 Å². The number of nitrogens with one attached hydrogen (secondary N) is 2. The van der Waals surface area contributed by atoms with Crippen molar-refractivity contribution in [3.8, 4) is 0 Å². The summed E-state index contributed by atoms with van der Waals surface area (Å²) in [6, 6.07) is 7.14. The Morgan fingerprint density at radius 3 is 2.50 bits per heavy atom. The average Bonchev–Trinajstić information content (AvgIpc) is 3.62. The van der Waals surface area contributed by atoms with Crippen LogP contribution in [0.4, 0.5) is 5.69 Å². The quantitative estimate of drug-likeness (QED) is 0.436. The molecular weight excluding hydrogens is 532 g/mol. The summed E-state index contributed by atoms with van der Waals surface area (Å²) in [5.41, 5.74) is 0.753. The molecular formula is C33H46N4O5. The van der Waals surface area contributed by atoms with E-state index in [0.29, 0.717) is 24.1 Å². The lowest BCUT2D eigenvalue weighted by Gasteiger charge is -2.36. The van der Waals surface area contributed by atoms with E-state index >= 15 is 0 Å². The molecule has 3 saturated heterocycles.